The highest BCUT2D eigenvalue weighted by atomic mass is 19.1. The van der Waals surface area contributed by atoms with Crippen LogP contribution in [-0.2, 0) is 6.54 Å². The van der Waals surface area contributed by atoms with E-state index in [0.29, 0.717) is 5.69 Å². The molecule has 1 aromatic heterocycles. The lowest BCUT2D eigenvalue weighted by Crippen LogP contribution is -2.11. The quantitative estimate of drug-likeness (QED) is 0.708. The summed E-state index contributed by atoms with van der Waals surface area (Å²) in [6, 6.07) is 6.22. The summed E-state index contributed by atoms with van der Waals surface area (Å²) in [5.41, 5.74) is 8.60. The molecule has 5 heteroatoms. The van der Waals surface area contributed by atoms with Gasteiger partial charge in [0, 0.05) is 23.5 Å². The molecule has 0 spiro atoms. The highest BCUT2D eigenvalue weighted by Gasteiger charge is 2.07. The van der Waals surface area contributed by atoms with Gasteiger partial charge >= 0.3 is 0 Å². The van der Waals surface area contributed by atoms with Gasteiger partial charge in [0.1, 0.15) is 5.82 Å². The number of aromatic nitrogens is 2. The number of nitrogens with zero attached hydrogens (tertiary/aromatic N) is 1. The zero-order valence-electron chi connectivity index (χ0n) is 9.63. The summed E-state index contributed by atoms with van der Waals surface area (Å²) in [5.74, 6) is -0.338. The van der Waals surface area contributed by atoms with Crippen LogP contribution in [0.25, 0.3) is 11.3 Å². The second-order valence-corrected chi connectivity index (χ2v) is 3.79. The lowest BCUT2D eigenvalue weighted by molar-refractivity contribution is 0.628. The maximum absolute atomic E-state index is 12.9. The molecule has 0 amide bonds. The van der Waals surface area contributed by atoms with Crippen LogP contribution in [0, 0.1) is 5.82 Å². The highest BCUT2D eigenvalue weighted by Crippen LogP contribution is 2.25. The van der Waals surface area contributed by atoms with Crippen molar-refractivity contribution in [1.29, 1.82) is 0 Å². The summed E-state index contributed by atoms with van der Waals surface area (Å²) >= 11 is 0. The van der Waals surface area contributed by atoms with Crippen LogP contribution in [0.3, 0.4) is 0 Å². The molecule has 2 aromatic rings. The number of hydrogen-bond acceptors (Lipinski definition) is 3. The van der Waals surface area contributed by atoms with Gasteiger partial charge in [0.25, 0.3) is 0 Å². The van der Waals surface area contributed by atoms with E-state index in [4.69, 9.17) is 5.73 Å². The molecule has 2 rings (SSSR count). The van der Waals surface area contributed by atoms with Crippen molar-refractivity contribution in [1.82, 2.24) is 15.5 Å². The van der Waals surface area contributed by atoms with Crippen LogP contribution in [0.15, 0.2) is 24.3 Å². The maximum atomic E-state index is 12.9. The van der Waals surface area contributed by atoms with E-state index < -0.39 is 0 Å². The van der Waals surface area contributed by atoms with Gasteiger partial charge in [0.15, 0.2) is 0 Å². The fraction of sp³-hybridized carbons (Fsp3) is 0.250. The van der Waals surface area contributed by atoms with Crippen molar-refractivity contribution in [3.63, 3.8) is 0 Å². The zero-order chi connectivity index (χ0) is 12.3. The second kappa shape index (κ2) is 4.97. The normalized spacial score (nSPS) is 10.7. The predicted octanol–water partition coefficient (Wildman–Crippen LogP) is 1.91. The molecule has 0 radical (unpaired) electrons. The molecule has 0 fully saturated rings. The van der Waals surface area contributed by atoms with Crippen LogP contribution < -0.4 is 11.1 Å². The molecule has 4 N–H and O–H groups in total. The Morgan fingerprint density at radius 1 is 1.41 bits per heavy atom. The monoisotopic (exact) mass is 234 g/mol. The number of rotatable bonds is 4. The third-order valence-electron chi connectivity index (χ3n) is 2.49. The molecule has 0 aliphatic heterocycles. The van der Waals surface area contributed by atoms with Gasteiger partial charge < -0.3 is 11.1 Å². The molecule has 1 heterocycles. The number of anilines is 1. The summed E-state index contributed by atoms with van der Waals surface area (Å²) in [5, 5.41) is 10.3. The van der Waals surface area contributed by atoms with E-state index in [9.17, 15) is 4.39 Å². The minimum atomic E-state index is -0.338. The molecule has 0 saturated heterocycles. The SMILES string of the molecule is CCNCc1cc(-c2ccc(F)cc2N)n[nH]1. The lowest BCUT2D eigenvalue weighted by Gasteiger charge is -2.01. The number of nitrogens with two attached hydrogens (primary N) is 1. The van der Waals surface area contributed by atoms with Crippen molar-refractivity contribution in [3.8, 4) is 11.3 Å². The first-order valence-corrected chi connectivity index (χ1v) is 5.51. The Bertz CT molecular complexity index is 507. The Hall–Kier alpha value is -1.88. The van der Waals surface area contributed by atoms with E-state index in [2.05, 4.69) is 15.5 Å². The topological polar surface area (TPSA) is 66.7 Å². The standard InChI is InChI=1S/C12H15FN4/c1-2-15-7-9-6-12(17-16-9)10-4-3-8(13)5-11(10)14/h3-6,15H,2,7,14H2,1H3,(H,16,17). The Labute approximate surface area is 99.0 Å². The first-order chi connectivity index (χ1) is 8.20. The molecular formula is C12H15FN4. The van der Waals surface area contributed by atoms with Crippen LogP contribution in [0.1, 0.15) is 12.6 Å². The lowest BCUT2D eigenvalue weighted by atomic mass is 10.1. The maximum Gasteiger partial charge on any atom is 0.125 e. The molecule has 4 nitrogen and oxygen atoms in total. The van der Waals surface area contributed by atoms with Crippen molar-refractivity contribution in [3.05, 3.63) is 35.8 Å². The van der Waals surface area contributed by atoms with E-state index in [-0.39, 0.29) is 5.82 Å². The summed E-state index contributed by atoms with van der Waals surface area (Å²) in [7, 11) is 0. The Kier molecular flexibility index (Phi) is 3.39. The van der Waals surface area contributed by atoms with Crippen molar-refractivity contribution >= 4 is 5.69 Å². The molecule has 0 bridgehead atoms. The third kappa shape index (κ3) is 2.62. The largest absolute Gasteiger partial charge is 0.398 e. The summed E-state index contributed by atoms with van der Waals surface area (Å²) in [4.78, 5) is 0. The molecule has 0 aliphatic rings. The van der Waals surface area contributed by atoms with Gasteiger partial charge in [-0.25, -0.2) is 4.39 Å². The van der Waals surface area contributed by atoms with Gasteiger partial charge in [-0.3, -0.25) is 5.10 Å². The zero-order valence-corrected chi connectivity index (χ0v) is 9.63. The second-order valence-electron chi connectivity index (χ2n) is 3.79. The smallest absolute Gasteiger partial charge is 0.125 e. The van der Waals surface area contributed by atoms with Crippen LogP contribution in [0.5, 0.6) is 0 Å². The Morgan fingerprint density at radius 3 is 2.94 bits per heavy atom. The van der Waals surface area contributed by atoms with Gasteiger partial charge in [-0.15, -0.1) is 0 Å². The first-order valence-electron chi connectivity index (χ1n) is 5.51. The van der Waals surface area contributed by atoms with Crippen molar-refractivity contribution in [2.45, 2.75) is 13.5 Å². The number of benzene rings is 1. The molecule has 1 aromatic carbocycles. The number of nitrogen functional groups attached to an aromatic ring is 1. The van der Waals surface area contributed by atoms with Crippen LogP contribution >= 0.6 is 0 Å². The Morgan fingerprint density at radius 2 is 2.24 bits per heavy atom. The molecule has 0 aliphatic carbocycles. The highest BCUT2D eigenvalue weighted by molar-refractivity contribution is 5.73. The molecule has 0 atom stereocenters. The van der Waals surface area contributed by atoms with Gasteiger partial charge in [-0.2, -0.15) is 5.10 Å². The average Bonchev–Trinajstić information content (AvgIpc) is 2.75. The molecule has 0 unspecified atom stereocenters. The molecule has 0 saturated carbocycles. The summed E-state index contributed by atoms with van der Waals surface area (Å²) in [6.45, 7) is 3.66. The van der Waals surface area contributed by atoms with Crippen molar-refractivity contribution < 1.29 is 4.39 Å². The third-order valence-corrected chi connectivity index (χ3v) is 2.49. The Balaban J connectivity index is 2.24. The van der Waals surface area contributed by atoms with Crippen LogP contribution in [-0.4, -0.2) is 16.7 Å². The summed E-state index contributed by atoms with van der Waals surface area (Å²) in [6.07, 6.45) is 0. The number of aromatic amines is 1. The minimum Gasteiger partial charge on any atom is -0.398 e. The van der Waals surface area contributed by atoms with Crippen LogP contribution in [0.2, 0.25) is 0 Å². The van der Waals surface area contributed by atoms with Gasteiger partial charge in [0.2, 0.25) is 0 Å². The van der Waals surface area contributed by atoms with Crippen LogP contribution in [0.4, 0.5) is 10.1 Å². The fourth-order valence-corrected chi connectivity index (χ4v) is 1.62. The van der Waals surface area contributed by atoms with E-state index >= 15 is 0 Å². The first kappa shape index (κ1) is 11.6. The van der Waals surface area contributed by atoms with Gasteiger partial charge in [0.05, 0.1) is 5.69 Å². The van der Waals surface area contributed by atoms with Crippen molar-refractivity contribution in [2.24, 2.45) is 0 Å². The van der Waals surface area contributed by atoms with E-state index in [1.807, 2.05) is 13.0 Å². The molecule has 90 valence electrons. The predicted molar refractivity (Wildman–Crippen MR) is 65.8 cm³/mol. The van der Waals surface area contributed by atoms with Gasteiger partial charge in [-0.1, -0.05) is 6.92 Å². The van der Waals surface area contributed by atoms with Crippen molar-refractivity contribution in [2.75, 3.05) is 12.3 Å². The fourth-order valence-electron chi connectivity index (χ4n) is 1.62. The number of H-pyrrole nitrogens is 1. The molecular weight excluding hydrogens is 219 g/mol. The minimum absolute atomic E-state index is 0.338. The summed E-state index contributed by atoms with van der Waals surface area (Å²) < 4.78 is 12.9. The average molecular weight is 234 g/mol. The number of nitrogens with one attached hydrogen (secondary N) is 2. The van der Waals surface area contributed by atoms with E-state index in [0.717, 1.165) is 30.0 Å². The number of hydrogen-bond donors (Lipinski definition) is 3. The van der Waals surface area contributed by atoms with Gasteiger partial charge in [-0.05, 0) is 30.8 Å². The molecule has 17 heavy (non-hydrogen) atoms. The van der Waals surface area contributed by atoms with E-state index in [1.165, 1.54) is 12.1 Å². The van der Waals surface area contributed by atoms with E-state index in [1.54, 1.807) is 6.07 Å². The number of halogens is 1.